The first-order valence-corrected chi connectivity index (χ1v) is 26.0. The Balaban J connectivity index is 0.000000162. The average Bonchev–Trinajstić information content (AvgIpc) is 4.12. The van der Waals surface area contributed by atoms with Crippen LogP contribution in [0.2, 0.25) is 0 Å². The zero-order chi connectivity index (χ0) is 55.3. The maximum Gasteiger partial charge on any atom is 0.496 e. The Bertz CT molecular complexity index is 3590. The molecule has 0 atom stereocenters. The smallest absolute Gasteiger partial charge is 0.399 e. The molecule has 8 aromatic rings. The Morgan fingerprint density at radius 1 is 0.633 bits per heavy atom. The fraction of sp³-hybridized carbons (Fsp3) is 0.298. The van der Waals surface area contributed by atoms with Crippen LogP contribution < -0.4 is 25.9 Å². The second-order valence-corrected chi connectivity index (χ2v) is 20.6. The third-order valence-corrected chi connectivity index (χ3v) is 15.0. The molecular weight excluding hydrogens is 1070 g/mol. The number of amides is 4. The number of fused-ring (bicyclic) bond motifs is 2. The number of hydrogen-bond donors (Lipinski definition) is 2. The monoisotopic (exact) mass is 1120 g/mol. The van der Waals surface area contributed by atoms with Gasteiger partial charge in [-0.05, 0) is 143 Å². The van der Waals surface area contributed by atoms with Gasteiger partial charge in [-0.25, -0.2) is 19.0 Å². The van der Waals surface area contributed by atoms with E-state index in [-0.39, 0.29) is 54.3 Å². The van der Waals surface area contributed by atoms with Crippen LogP contribution in [0.4, 0.5) is 11.6 Å². The van der Waals surface area contributed by atoms with Crippen LogP contribution in [0.15, 0.2) is 127 Å². The third kappa shape index (κ3) is 11.9. The highest BCUT2D eigenvalue weighted by atomic mass is 79.9. The molecule has 79 heavy (non-hydrogen) atoms. The minimum atomic E-state index is -0.448. The van der Waals surface area contributed by atoms with Crippen LogP contribution in [0.25, 0.3) is 22.2 Å². The number of rotatable bonds is 10. The molecule has 9 heterocycles. The summed E-state index contributed by atoms with van der Waals surface area (Å²) in [5.41, 5.74) is 5.98. The number of nitrogens with one attached hydrogen (secondary N) is 2. The van der Waals surface area contributed by atoms with Crippen molar-refractivity contribution in [2.75, 3.05) is 23.9 Å². The lowest BCUT2D eigenvalue weighted by atomic mass is 9.80. The molecule has 0 radical (unpaired) electrons. The number of nitriles is 2. The maximum absolute atomic E-state index is 13.6. The molecule has 0 aromatic carbocycles. The van der Waals surface area contributed by atoms with Gasteiger partial charge < -0.3 is 19.9 Å². The number of halogens is 1. The van der Waals surface area contributed by atoms with E-state index in [2.05, 4.69) is 68.8 Å². The number of carbonyl (C=O) groups is 4. The van der Waals surface area contributed by atoms with Gasteiger partial charge in [0.15, 0.2) is 0 Å². The van der Waals surface area contributed by atoms with E-state index in [0.29, 0.717) is 45.3 Å². The molecule has 0 unspecified atom stereocenters. The summed E-state index contributed by atoms with van der Waals surface area (Å²) in [5.74, 6) is 0.423. The van der Waals surface area contributed by atoms with Crippen LogP contribution in [0.1, 0.15) is 126 Å². The number of anilines is 2. The van der Waals surface area contributed by atoms with E-state index in [1.165, 1.54) is 12.4 Å². The molecule has 8 aromatic heterocycles. The van der Waals surface area contributed by atoms with Gasteiger partial charge in [0.05, 0.1) is 50.2 Å². The van der Waals surface area contributed by atoms with E-state index < -0.39 is 7.12 Å². The number of pyridine rings is 6. The Labute approximate surface area is 466 Å². The minimum absolute atomic E-state index is 0. The van der Waals surface area contributed by atoms with E-state index >= 15 is 0 Å². The number of carbonyl (C=O) groups excluding carboxylic acids is 4. The molecule has 11 rings (SSSR count). The van der Waals surface area contributed by atoms with Crippen LogP contribution in [0.3, 0.4) is 0 Å². The van der Waals surface area contributed by atoms with E-state index in [1.807, 2.05) is 45.9 Å². The average molecular weight is 1130 g/mol. The first-order valence-electron chi connectivity index (χ1n) is 25.2. The minimum Gasteiger partial charge on any atom is -0.399 e. The van der Waals surface area contributed by atoms with Crippen LogP contribution in [0.5, 0.6) is 0 Å². The normalized spacial score (nSPS) is 15.0. The highest BCUT2D eigenvalue weighted by Gasteiger charge is 2.52. The summed E-state index contributed by atoms with van der Waals surface area (Å²) in [6, 6.07) is 25.3. The molecule has 3 fully saturated rings. The molecule has 2 aliphatic carbocycles. The maximum atomic E-state index is 13.6. The molecule has 4 amide bonds. The molecule has 2 saturated carbocycles. The molecule has 1 aliphatic heterocycles. The molecule has 22 heteroatoms. The Kier molecular flexibility index (Phi) is 17.1. The van der Waals surface area contributed by atoms with Crippen LogP contribution in [-0.4, -0.2) is 107 Å². The van der Waals surface area contributed by atoms with Gasteiger partial charge in [-0.1, -0.05) is 19.6 Å². The lowest BCUT2D eigenvalue weighted by Crippen LogP contribution is -2.45. The summed E-state index contributed by atoms with van der Waals surface area (Å²) in [6.45, 7) is 8.00. The summed E-state index contributed by atoms with van der Waals surface area (Å²) in [7, 11) is 2.69. The van der Waals surface area contributed by atoms with E-state index in [1.54, 1.807) is 125 Å². The lowest BCUT2D eigenvalue weighted by Gasteiger charge is -2.36. The highest BCUT2D eigenvalue weighted by Crippen LogP contribution is 2.37. The van der Waals surface area contributed by atoms with Crippen molar-refractivity contribution in [2.45, 2.75) is 96.9 Å². The molecule has 20 nitrogen and oxygen atoms in total. The molecular formula is C57H58BBrN14O6. The topological polar surface area (TPSA) is 251 Å². The number of aromatic nitrogens is 8. The molecule has 1 saturated heterocycles. The van der Waals surface area contributed by atoms with Crippen molar-refractivity contribution in [3.05, 3.63) is 160 Å². The predicted molar refractivity (Wildman–Crippen MR) is 302 cm³/mol. The van der Waals surface area contributed by atoms with Crippen molar-refractivity contribution in [2.24, 2.45) is 0 Å². The van der Waals surface area contributed by atoms with Crippen LogP contribution in [-0.2, 0) is 9.31 Å². The van der Waals surface area contributed by atoms with Crippen LogP contribution in [0, 0.1) is 22.7 Å². The van der Waals surface area contributed by atoms with Gasteiger partial charge in [0.2, 0.25) is 0 Å². The van der Waals surface area contributed by atoms with Crippen molar-refractivity contribution in [1.82, 2.24) is 49.8 Å². The first kappa shape index (κ1) is 56.5. The van der Waals surface area contributed by atoms with Crippen LogP contribution >= 0.6 is 15.9 Å². The summed E-state index contributed by atoms with van der Waals surface area (Å²) in [4.78, 5) is 70.6. The number of nitrogens with zero attached hydrogens (tertiary/aromatic N) is 12. The molecule has 0 bridgehead atoms. The summed E-state index contributed by atoms with van der Waals surface area (Å²) in [5, 5.41) is 31.7. The lowest BCUT2D eigenvalue weighted by molar-refractivity contribution is 0.00578. The first-order chi connectivity index (χ1) is 37.5. The quantitative estimate of drug-likeness (QED) is 0.123. The van der Waals surface area contributed by atoms with Gasteiger partial charge in [0.25, 0.3) is 23.6 Å². The standard InChI is InChI=1S/C25H21N7O2.C18H14BrN5O.C13H19BN2O3.CH4/c1-27-24(33)21-7-6-18(14-28-21)20-15-30-31-10-9-17(11-22(20)31)25(34)32(19-3-2-4-19)23-8-5-16(12-26)13-29-23;19-15-11-22-23-7-6-13(8-16(15)23)18(25)24(14-2-1-3-14)17-5-4-12(9-20)10-21-17;1-12(2)13(3,4)19-14(18-12)9-6-7-10(16-8-9)11(17)15-5;/h5-11,13-15,19H,2-4H2,1H3,(H,27,33);4-8,10-11,14H,1-3H2;6-8H,1-5H3,(H,15,17);1H4. The zero-order valence-electron chi connectivity index (χ0n) is 43.7. The SMILES string of the molecule is C.CNC(=O)c1ccc(-c2cnn3ccc(C(=O)N(c4ccc(C#N)cn4)C4CCC4)cc23)cn1.CNC(=O)c1ccc(B2OC(C)(C)C(C)(C)O2)cn1.N#Cc1ccc(N(C(=O)c2ccn3ncc(Br)c3c2)C2CCC2)nc1. The Morgan fingerprint density at radius 3 is 1.53 bits per heavy atom. The fourth-order valence-electron chi connectivity index (χ4n) is 8.69. The Hall–Kier alpha value is -8.70. The molecule has 2 N–H and O–H groups in total. The summed E-state index contributed by atoms with van der Waals surface area (Å²) in [6.07, 6.45) is 19.1. The van der Waals surface area contributed by atoms with Crippen molar-refractivity contribution in [3.63, 3.8) is 0 Å². The van der Waals surface area contributed by atoms with Gasteiger partial charge in [0.1, 0.15) is 35.2 Å². The Morgan fingerprint density at radius 2 is 1.11 bits per heavy atom. The second kappa shape index (κ2) is 23.9. The van der Waals surface area contributed by atoms with E-state index in [9.17, 15) is 19.2 Å². The van der Waals surface area contributed by atoms with Gasteiger partial charge in [-0.2, -0.15) is 20.7 Å². The highest BCUT2D eigenvalue weighted by molar-refractivity contribution is 9.10. The molecule has 0 spiro atoms. The largest absolute Gasteiger partial charge is 0.496 e. The van der Waals surface area contributed by atoms with Gasteiger partial charge >= 0.3 is 7.12 Å². The summed E-state index contributed by atoms with van der Waals surface area (Å²) < 4.78 is 16.1. The van der Waals surface area contributed by atoms with E-state index in [0.717, 1.165) is 70.6 Å². The van der Waals surface area contributed by atoms with Gasteiger partial charge in [-0.3, -0.25) is 38.9 Å². The van der Waals surface area contributed by atoms with Crippen molar-refractivity contribution in [3.8, 4) is 23.3 Å². The second-order valence-electron chi connectivity index (χ2n) is 19.8. The third-order valence-electron chi connectivity index (χ3n) is 14.4. The summed E-state index contributed by atoms with van der Waals surface area (Å²) >= 11 is 3.45. The fourth-order valence-corrected chi connectivity index (χ4v) is 9.08. The number of hydrogen-bond acceptors (Lipinski definition) is 14. The van der Waals surface area contributed by atoms with Crippen molar-refractivity contribution >= 4 is 74.8 Å². The van der Waals surface area contributed by atoms with Gasteiger partial charge in [-0.15, -0.1) is 0 Å². The van der Waals surface area contributed by atoms with E-state index in [4.69, 9.17) is 19.8 Å². The van der Waals surface area contributed by atoms with Gasteiger partial charge in [0, 0.05) is 91.1 Å². The van der Waals surface area contributed by atoms with Crippen molar-refractivity contribution in [1.29, 1.82) is 10.5 Å². The van der Waals surface area contributed by atoms with Crippen molar-refractivity contribution < 1.29 is 28.5 Å². The predicted octanol–water partition coefficient (Wildman–Crippen LogP) is 8.16. The zero-order valence-corrected chi connectivity index (χ0v) is 45.3. The molecule has 402 valence electrons. The molecule has 3 aliphatic rings.